The van der Waals surface area contributed by atoms with Gasteiger partial charge in [0.25, 0.3) is 0 Å². The fourth-order valence-corrected chi connectivity index (χ4v) is 1.95. The molecule has 0 radical (unpaired) electrons. The van der Waals surface area contributed by atoms with E-state index in [-0.39, 0.29) is 0 Å². The van der Waals surface area contributed by atoms with Crippen molar-refractivity contribution in [3.05, 3.63) is 39.8 Å². The third-order valence-electron chi connectivity index (χ3n) is 2.66. The summed E-state index contributed by atoms with van der Waals surface area (Å²) in [5, 5.41) is 4.44. The van der Waals surface area contributed by atoms with Crippen molar-refractivity contribution in [2.45, 2.75) is 20.3 Å². The van der Waals surface area contributed by atoms with Gasteiger partial charge in [0, 0.05) is 6.20 Å². The number of halogens is 1. The first-order valence-corrected chi connectivity index (χ1v) is 6.30. The molecule has 0 aromatic carbocycles. The zero-order valence-electron chi connectivity index (χ0n) is 9.94. The highest BCUT2D eigenvalue weighted by molar-refractivity contribution is 9.10. The molecule has 5 heteroatoms. The van der Waals surface area contributed by atoms with Gasteiger partial charge in [0.2, 0.25) is 0 Å². The van der Waals surface area contributed by atoms with Gasteiger partial charge in [-0.25, -0.2) is 9.67 Å². The van der Waals surface area contributed by atoms with Crippen molar-refractivity contribution in [2.75, 3.05) is 6.54 Å². The summed E-state index contributed by atoms with van der Waals surface area (Å²) in [6.07, 6.45) is 2.71. The molecule has 90 valence electrons. The van der Waals surface area contributed by atoms with Gasteiger partial charge in [0.05, 0.1) is 15.9 Å². The maximum Gasteiger partial charge on any atom is 0.153 e. The maximum atomic E-state index is 5.51. The van der Waals surface area contributed by atoms with Crippen LogP contribution in [0.5, 0.6) is 0 Å². The van der Waals surface area contributed by atoms with Crippen LogP contribution < -0.4 is 5.73 Å². The molecule has 0 atom stereocenters. The molecule has 17 heavy (non-hydrogen) atoms. The van der Waals surface area contributed by atoms with Gasteiger partial charge in [-0.15, -0.1) is 0 Å². The zero-order valence-corrected chi connectivity index (χ0v) is 11.5. The van der Waals surface area contributed by atoms with E-state index in [4.69, 9.17) is 5.73 Å². The molecular formula is C12H15BrN4. The average molecular weight is 295 g/mol. The molecule has 0 aliphatic heterocycles. The van der Waals surface area contributed by atoms with Crippen LogP contribution in [0.4, 0.5) is 0 Å². The number of nitrogens with two attached hydrogens (primary N) is 1. The fourth-order valence-electron chi connectivity index (χ4n) is 1.70. The molecule has 0 saturated carbocycles. The van der Waals surface area contributed by atoms with Crippen LogP contribution in [0.2, 0.25) is 0 Å². The van der Waals surface area contributed by atoms with Crippen molar-refractivity contribution in [2.24, 2.45) is 5.73 Å². The molecule has 0 spiro atoms. The largest absolute Gasteiger partial charge is 0.330 e. The fraction of sp³-hybridized carbons (Fsp3) is 0.333. The van der Waals surface area contributed by atoms with E-state index in [2.05, 4.69) is 26.0 Å². The summed E-state index contributed by atoms with van der Waals surface area (Å²) in [4.78, 5) is 4.41. The van der Waals surface area contributed by atoms with Crippen LogP contribution in [-0.2, 0) is 6.42 Å². The van der Waals surface area contributed by atoms with Gasteiger partial charge in [-0.2, -0.15) is 5.10 Å². The maximum absolute atomic E-state index is 5.51. The van der Waals surface area contributed by atoms with E-state index in [1.807, 2.05) is 36.9 Å². The van der Waals surface area contributed by atoms with Crippen molar-refractivity contribution in [3.63, 3.8) is 0 Å². The van der Waals surface area contributed by atoms with Crippen LogP contribution in [0.25, 0.3) is 5.82 Å². The molecule has 0 unspecified atom stereocenters. The summed E-state index contributed by atoms with van der Waals surface area (Å²) in [5.74, 6) is 0.831. The molecule has 0 saturated heterocycles. The number of hydrogen-bond donors (Lipinski definition) is 1. The Morgan fingerprint density at radius 3 is 2.59 bits per heavy atom. The second-order valence-electron chi connectivity index (χ2n) is 3.96. The Morgan fingerprint density at radius 2 is 2.12 bits per heavy atom. The standard InChI is InChI=1S/C12H15BrN4/c1-8-12(13)9(2)17(16-8)11-4-3-10(5-6-14)7-15-11/h3-4,7H,5-6,14H2,1-2H3. The minimum atomic E-state index is 0.645. The van der Waals surface area contributed by atoms with Gasteiger partial charge < -0.3 is 5.73 Å². The Balaban J connectivity index is 2.36. The lowest BCUT2D eigenvalue weighted by Gasteiger charge is -2.04. The average Bonchev–Trinajstić information content (AvgIpc) is 2.59. The van der Waals surface area contributed by atoms with Crippen molar-refractivity contribution in [3.8, 4) is 5.82 Å². The Labute approximate surface area is 109 Å². The molecule has 0 fully saturated rings. The molecule has 0 amide bonds. The first kappa shape index (κ1) is 12.3. The molecule has 0 bridgehead atoms. The van der Waals surface area contributed by atoms with Gasteiger partial charge in [-0.05, 0) is 54.4 Å². The van der Waals surface area contributed by atoms with E-state index >= 15 is 0 Å². The Kier molecular flexibility index (Phi) is 3.59. The summed E-state index contributed by atoms with van der Waals surface area (Å²) >= 11 is 3.51. The minimum Gasteiger partial charge on any atom is -0.330 e. The summed E-state index contributed by atoms with van der Waals surface area (Å²) in [6.45, 7) is 4.63. The van der Waals surface area contributed by atoms with Crippen LogP contribution in [0, 0.1) is 13.8 Å². The SMILES string of the molecule is Cc1nn(-c2ccc(CCN)cn2)c(C)c1Br. The third kappa shape index (κ3) is 2.40. The lowest BCUT2D eigenvalue weighted by Crippen LogP contribution is -2.05. The summed E-state index contributed by atoms with van der Waals surface area (Å²) in [6, 6.07) is 4.01. The van der Waals surface area contributed by atoms with Gasteiger partial charge in [0.1, 0.15) is 0 Å². The lowest BCUT2D eigenvalue weighted by atomic mass is 10.2. The van der Waals surface area contributed by atoms with Gasteiger partial charge in [0.15, 0.2) is 5.82 Å². The number of pyridine rings is 1. The second kappa shape index (κ2) is 4.98. The number of hydrogen-bond acceptors (Lipinski definition) is 3. The molecule has 2 aromatic rings. The smallest absolute Gasteiger partial charge is 0.153 e. The Hall–Kier alpha value is -1.20. The molecule has 4 nitrogen and oxygen atoms in total. The van der Waals surface area contributed by atoms with Gasteiger partial charge in [-0.1, -0.05) is 6.07 Å². The number of aryl methyl sites for hydroxylation is 1. The van der Waals surface area contributed by atoms with Crippen molar-refractivity contribution in [1.29, 1.82) is 0 Å². The summed E-state index contributed by atoms with van der Waals surface area (Å²) in [7, 11) is 0. The van der Waals surface area contributed by atoms with Gasteiger partial charge in [-0.3, -0.25) is 0 Å². The van der Waals surface area contributed by atoms with Crippen LogP contribution in [-0.4, -0.2) is 21.3 Å². The zero-order chi connectivity index (χ0) is 12.4. The van der Waals surface area contributed by atoms with Crippen LogP contribution >= 0.6 is 15.9 Å². The minimum absolute atomic E-state index is 0.645. The predicted octanol–water partition coefficient (Wildman–Crippen LogP) is 2.15. The normalized spacial score (nSPS) is 10.8. The molecule has 2 N–H and O–H groups in total. The van der Waals surface area contributed by atoms with Crippen molar-refractivity contribution >= 4 is 15.9 Å². The van der Waals surface area contributed by atoms with Crippen molar-refractivity contribution < 1.29 is 0 Å². The highest BCUT2D eigenvalue weighted by atomic mass is 79.9. The second-order valence-corrected chi connectivity index (χ2v) is 4.75. The number of nitrogens with zero attached hydrogens (tertiary/aromatic N) is 3. The molecular weight excluding hydrogens is 280 g/mol. The third-order valence-corrected chi connectivity index (χ3v) is 3.81. The molecule has 0 aliphatic carbocycles. The number of rotatable bonds is 3. The Morgan fingerprint density at radius 1 is 1.35 bits per heavy atom. The molecule has 2 aromatic heterocycles. The summed E-state index contributed by atoms with van der Waals surface area (Å²) < 4.78 is 2.87. The van der Waals surface area contributed by atoms with Crippen LogP contribution in [0.1, 0.15) is 17.0 Å². The van der Waals surface area contributed by atoms with Crippen LogP contribution in [0.3, 0.4) is 0 Å². The Bertz CT molecular complexity index is 516. The molecule has 2 heterocycles. The summed E-state index contributed by atoms with van der Waals surface area (Å²) in [5.41, 5.74) is 8.68. The first-order valence-electron chi connectivity index (χ1n) is 5.50. The van der Waals surface area contributed by atoms with E-state index in [1.54, 1.807) is 0 Å². The van der Waals surface area contributed by atoms with Crippen molar-refractivity contribution in [1.82, 2.24) is 14.8 Å². The van der Waals surface area contributed by atoms with E-state index in [9.17, 15) is 0 Å². The lowest BCUT2D eigenvalue weighted by molar-refractivity contribution is 0.802. The first-order chi connectivity index (χ1) is 8.13. The van der Waals surface area contributed by atoms with E-state index in [0.717, 1.165) is 33.7 Å². The quantitative estimate of drug-likeness (QED) is 0.944. The van der Waals surface area contributed by atoms with E-state index in [0.29, 0.717) is 6.54 Å². The van der Waals surface area contributed by atoms with Gasteiger partial charge >= 0.3 is 0 Å². The highest BCUT2D eigenvalue weighted by Gasteiger charge is 2.10. The number of aromatic nitrogens is 3. The molecule has 0 aliphatic rings. The topological polar surface area (TPSA) is 56.7 Å². The monoisotopic (exact) mass is 294 g/mol. The molecule has 2 rings (SSSR count). The highest BCUT2D eigenvalue weighted by Crippen LogP contribution is 2.22. The predicted molar refractivity (Wildman–Crippen MR) is 71.3 cm³/mol. The van der Waals surface area contributed by atoms with E-state index < -0.39 is 0 Å². The van der Waals surface area contributed by atoms with E-state index in [1.165, 1.54) is 0 Å². The van der Waals surface area contributed by atoms with Crippen LogP contribution in [0.15, 0.2) is 22.8 Å².